The fourth-order valence-electron chi connectivity index (χ4n) is 10.1. The van der Waals surface area contributed by atoms with Crippen molar-refractivity contribution in [2.45, 2.75) is 5.41 Å². The molecule has 0 bridgehead atoms. The lowest BCUT2D eigenvalue weighted by Gasteiger charge is -2.34. The van der Waals surface area contributed by atoms with Crippen LogP contribution in [0.25, 0.3) is 77.2 Å². The first-order valence-electron chi connectivity index (χ1n) is 19.8. The van der Waals surface area contributed by atoms with Crippen LogP contribution >= 0.6 is 0 Å². The van der Waals surface area contributed by atoms with E-state index >= 15 is 0 Å². The smallest absolute Gasteiger partial charge is 0.0720 e. The van der Waals surface area contributed by atoms with E-state index in [2.05, 4.69) is 228 Å². The number of fused-ring (bicyclic) bond motifs is 10. The summed E-state index contributed by atoms with van der Waals surface area (Å²) >= 11 is 0. The number of para-hydroxylation sites is 3. The summed E-state index contributed by atoms with van der Waals surface area (Å²) in [4.78, 5) is 0. The third-order valence-corrected chi connectivity index (χ3v) is 12.4. The highest BCUT2D eigenvalue weighted by atomic mass is 15.0. The molecule has 1 aliphatic rings. The summed E-state index contributed by atoms with van der Waals surface area (Å²) in [5.41, 5.74) is 16.8. The molecule has 2 heterocycles. The van der Waals surface area contributed by atoms with E-state index in [1.807, 2.05) is 0 Å². The normalized spacial score (nSPS) is 13.1. The largest absolute Gasteiger partial charge is 0.309 e. The maximum Gasteiger partial charge on any atom is 0.0720 e. The first kappa shape index (κ1) is 31.9. The molecule has 1 aliphatic carbocycles. The maximum absolute atomic E-state index is 2.48. The van der Waals surface area contributed by atoms with Crippen molar-refractivity contribution in [3.05, 3.63) is 241 Å². The molecule has 0 unspecified atom stereocenters. The highest BCUT2D eigenvalue weighted by Crippen LogP contribution is 2.59. The van der Waals surface area contributed by atoms with Crippen LogP contribution in [0.4, 0.5) is 0 Å². The molecule has 9 aromatic carbocycles. The van der Waals surface area contributed by atoms with Gasteiger partial charge in [0.1, 0.15) is 0 Å². The molecule has 0 amide bonds. The lowest BCUT2D eigenvalue weighted by atomic mass is 9.67. The zero-order valence-corrected chi connectivity index (χ0v) is 31.2. The third-order valence-electron chi connectivity index (χ3n) is 12.4. The topological polar surface area (TPSA) is 9.86 Å². The standard InChI is InChI=1S/C55H36N2/c1-5-17-39(18-6-1)55(40-19-7-2-8-20-40)48-27-15-13-25-43(48)45-32-34-51-53(54(45)55)46-31-29-38(36-52(46)57(51)42-23-11-4-12-24-42)37-30-33-50-47(35-37)44-26-14-16-28-49(44)56(50)41-21-9-3-10-22-41/h1-36H. The van der Waals surface area contributed by atoms with Crippen LogP contribution in [-0.4, -0.2) is 9.13 Å². The average Bonchev–Trinajstić information content (AvgIpc) is 3.91. The van der Waals surface area contributed by atoms with Crippen LogP contribution in [0, 0.1) is 0 Å². The van der Waals surface area contributed by atoms with Gasteiger partial charge in [0.2, 0.25) is 0 Å². The number of hydrogen-bond acceptors (Lipinski definition) is 0. The molecule has 2 nitrogen and oxygen atoms in total. The molecular formula is C55H36N2. The minimum atomic E-state index is -0.513. The van der Waals surface area contributed by atoms with Crippen LogP contribution in [0.2, 0.25) is 0 Å². The molecule has 2 aromatic heterocycles. The van der Waals surface area contributed by atoms with Gasteiger partial charge in [-0.3, -0.25) is 0 Å². The molecule has 12 rings (SSSR count). The van der Waals surface area contributed by atoms with E-state index in [1.165, 1.54) is 93.8 Å². The molecule has 0 saturated heterocycles. The van der Waals surface area contributed by atoms with Crippen molar-refractivity contribution in [3.63, 3.8) is 0 Å². The molecule has 0 fully saturated rings. The minimum Gasteiger partial charge on any atom is -0.309 e. The fraction of sp³-hybridized carbons (Fsp3) is 0.0182. The van der Waals surface area contributed by atoms with E-state index in [0.29, 0.717) is 0 Å². The van der Waals surface area contributed by atoms with Crippen LogP contribution in [0.15, 0.2) is 218 Å². The lowest BCUT2D eigenvalue weighted by molar-refractivity contribution is 0.776. The van der Waals surface area contributed by atoms with Gasteiger partial charge in [0.05, 0.1) is 27.5 Å². The Morgan fingerprint density at radius 3 is 1.54 bits per heavy atom. The second-order valence-corrected chi connectivity index (χ2v) is 15.2. The highest BCUT2D eigenvalue weighted by molar-refractivity contribution is 6.16. The van der Waals surface area contributed by atoms with Crippen LogP contribution in [-0.2, 0) is 5.41 Å². The molecule has 11 aromatic rings. The van der Waals surface area contributed by atoms with Crippen molar-refractivity contribution in [2.24, 2.45) is 0 Å². The van der Waals surface area contributed by atoms with E-state index in [9.17, 15) is 0 Å². The summed E-state index contributed by atoms with van der Waals surface area (Å²) in [7, 11) is 0. The Bertz CT molecular complexity index is 3280. The zero-order chi connectivity index (χ0) is 37.5. The summed E-state index contributed by atoms with van der Waals surface area (Å²) < 4.78 is 4.87. The Balaban J connectivity index is 1.17. The Morgan fingerprint density at radius 2 is 0.842 bits per heavy atom. The molecule has 0 aliphatic heterocycles. The van der Waals surface area contributed by atoms with E-state index in [4.69, 9.17) is 0 Å². The molecule has 266 valence electrons. The zero-order valence-electron chi connectivity index (χ0n) is 31.2. The van der Waals surface area contributed by atoms with E-state index < -0.39 is 5.41 Å². The summed E-state index contributed by atoms with van der Waals surface area (Å²) in [5.74, 6) is 0. The van der Waals surface area contributed by atoms with E-state index in [0.717, 1.165) is 5.69 Å². The monoisotopic (exact) mass is 724 g/mol. The van der Waals surface area contributed by atoms with Gasteiger partial charge in [-0.05, 0) is 99.1 Å². The van der Waals surface area contributed by atoms with Crippen LogP contribution in [0.1, 0.15) is 22.3 Å². The van der Waals surface area contributed by atoms with Crippen molar-refractivity contribution >= 4 is 43.6 Å². The second-order valence-electron chi connectivity index (χ2n) is 15.2. The maximum atomic E-state index is 2.48. The van der Waals surface area contributed by atoms with Crippen LogP contribution < -0.4 is 0 Å². The summed E-state index contributed by atoms with van der Waals surface area (Å²) in [6, 6.07) is 80.5. The Kier molecular flexibility index (Phi) is 6.88. The summed E-state index contributed by atoms with van der Waals surface area (Å²) in [6.07, 6.45) is 0. The second kappa shape index (κ2) is 12.3. The highest BCUT2D eigenvalue weighted by Gasteiger charge is 2.47. The number of rotatable bonds is 5. The first-order valence-corrected chi connectivity index (χ1v) is 19.8. The third kappa shape index (κ3) is 4.47. The van der Waals surface area contributed by atoms with E-state index in [1.54, 1.807) is 0 Å². The molecule has 57 heavy (non-hydrogen) atoms. The molecule has 0 saturated carbocycles. The SMILES string of the molecule is c1ccc(-n2c3ccccc3c3cc(-c4ccc5c6c7c(ccc6n(-c6ccccc6)c5c4)-c4ccccc4C7(c4ccccc4)c4ccccc4)ccc32)cc1. The molecule has 0 atom stereocenters. The predicted molar refractivity (Wildman–Crippen MR) is 238 cm³/mol. The lowest BCUT2D eigenvalue weighted by Crippen LogP contribution is -2.28. The number of benzene rings is 9. The number of nitrogens with zero attached hydrogens (tertiary/aromatic N) is 2. The Labute approximate surface area is 331 Å². The van der Waals surface area contributed by atoms with E-state index in [-0.39, 0.29) is 0 Å². The average molecular weight is 725 g/mol. The van der Waals surface area contributed by atoms with Gasteiger partial charge >= 0.3 is 0 Å². The molecule has 0 spiro atoms. The number of hydrogen-bond donors (Lipinski definition) is 0. The quantitative estimate of drug-likeness (QED) is 0.167. The van der Waals surface area contributed by atoms with Gasteiger partial charge in [0, 0.05) is 32.9 Å². The van der Waals surface area contributed by atoms with Crippen molar-refractivity contribution in [1.82, 2.24) is 9.13 Å². The fourth-order valence-corrected chi connectivity index (χ4v) is 10.1. The molecule has 2 heteroatoms. The predicted octanol–water partition coefficient (Wildman–Crippen LogP) is 13.9. The van der Waals surface area contributed by atoms with Crippen molar-refractivity contribution in [3.8, 4) is 33.6 Å². The van der Waals surface area contributed by atoms with Gasteiger partial charge in [-0.15, -0.1) is 0 Å². The van der Waals surface area contributed by atoms with Gasteiger partial charge in [-0.1, -0.05) is 164 Å². The van der Waals surface area contributed by atoms with Crippen molar-refractivity contribution in [1.29, 1.82) is 0 Å². The van der Waals surface area contributed by atoms with Gasteiger partial charge in [-0.25, -0.2) is 0 Å². The summed E-state index contributed by atoms with van der Waals surface area (Å²) in [5, 5.41) is 5.05. The Hall–Kier alpha value is -7.42. The minimum absolute atomic E-state index is 0.513. The molecule has 0 radical (unpaired) electrons. The molecular weight excluding hydrogens is 689 g/mol. The van der Waals surface area contributed by atoms with Gasteiger partial charge in [-0.2, -0.15) is 0 Å². The number of aromatic nitrogens is 2. The molecule has 0 N–H and O–H groups in total. The van der Waals surface area contributed by atoms with Gasteiger partial charge < -0.3 is 9.13 Å². The van der Waals surface area contributed by atoms with Gasteiger partial charge in [0.25, 0.3) is 0 Å². The summed E-state index contributed by atoms with van der Waals surface area (Å²) in [6.45, 7) is 0. The van der Waals surface area contributed by atoms with Gasteiger partial charge in [0.15, 0.2) is 0 Å². The first-order chi connectivity index (χ1) is 28.3. The van der Waals surface area contributed by atoms with Crippen molar-refractivity contribution in [2.75, 3.05) is 0 Å². The van der Waals surface area contributed by atoms with Crippen molar-refractivity contribution < 1.29 is 0 Å². The van der Waals surface area contributed by atoms with Crippen LogP contribution in [0.3, 0.4) is 0 Å². The Morgan fingerprint density at radius 1 is 0.316 bits per heavy atom. The van der Waals surface area contributed by atoms with Crippen LogP contribution in [0.5, 0.6) is 0 Å².